The van der Waals surface area contributed by atoms with E-state index in [-0.39, 0.29) is 0 Å². The highest BCUT2D eigenvalue weighted by atomic mass is 79.9. The molecule has 0 aliphatic rings. The monoisotopic (exact) mass is 418 g/mol. The predicted molar refractivity (Wildman–Crippen MR) is 103 cm³/mol. The third kappa shape index (κ3) is 3.80. The number of ether oxygens (including phenoxy) is 2. The first-order chi connectivity index (χ1) is 12.1. The van der Waals surface area contributed by atoms with E-state index >= 15 is 0 Å². The molecule has 0 amide bonds. The van der Waals surface area contributed by atoms with Gasteiger partial charge in [-0.2, -0.15) is 14.9 Å². The van der Waals surface area contributed by atoms with Gasteiger partial charge in [0.15, 0.2) is 5.82 Å². The Labute approximate surface area is 158 Å². The summed E-state index contributed by atoms with van der Waals surface area (Å²) in [6.45, 7) is 0. The van der Waals surface area contributed by atoms with E-state index in [4.69, 9.17) is 21.7 Å². The van der Waals surface area contributed by atoms with Gasteiger partial charge in [-0.1, -0.05) is 12.1 Å². The van der Waals surface area contributed by atoms with E-state index in [2.05, 4.69) is 31.2 Å². The molecular formula is C17H15BrN4O2S. The number of aromatic nitrogens is 3. The van der Waals surface area contributed by atoms with Gasteiger partial charge < -0.3 is 9.47 Å². The maximum atomic E-state index is 5.29. The van der Waals surface area contributed by atoms with Crippen molar-refractivity contribution in [3.63, 3.8) is 0 Å². The van der Waals surface area contributed by atoms with Gasteiger partial charge in [0.2, 0.25) is 4.77 Å². The molecule has 1 N–H and O–H groups in total. The number of methoxy groups -OCH3 is 2. The van der Waals surface area contributed by atoms with Gasteiger partial charge >= 0.3 is 0 Å². The molecule has 6 nitrogen and oxygen atoms in total. The summed E-state index contributed by atoms with van der Waals surface area (Å²) in [5.74, 6) is 2.10. The number of H-pyrrole nitrogens is 1. The number of hydrogen-bond acceptors (Lipinski definition) is 5. The van der Waals surface area contributed by atoms with Crippen LogP contribution in [-0.2, 0) is 0 Å². The van der Waals surface area contributed by atoms with Crippen LogP contribution in [0.2, 0.25) is 0 Å². The number of rotatable bonds is 5. The summed E-state index contributed by atoms with van der Waals surface area (Å²) in [4.78, 5) is 0. The van der Waals surface area contributed by atoms with Crippen LogP contribution < -0.4 is 9.47 Å². The topological polar surface area (TPSA) is 64.4 Å². The Kier molecular flexibility index (Phi) is 5.30. The van der Waals surface area contributed by atoms with Gasteiger partial charge in [0, 0.05) is 5.56 Å². The maximum Gasteiger partial charge on any atom is 0.216 e. The average Bonchev–Trinajstić information content (AvgIpc) is 3.00. The highest BCUT2D eigenvalue weighted by Gasteiger charge is 2.09. The molecule has 3 aromatic rings. The number of halogens is 1. The molecule has 0 radical (unpaired) electrons. The number of hydrogen-bond donors (Lipinski definition) is 1. The minimum Gasteiger partial charge on any atom is -0.497 e. The second-order valence-electron chi connectivity index (χ2n) is 5.03. The van der Waals surface area contributed by atoms with Gasteiger partial charge in [-0.25, -0.2) is 5.10 Å². The fourth-order valence-corrected chi connectivity index (χ4v) is 2.97. The van der Waals surface area contributed by atoms with Gasteiger partial charge in [-0.3, -0.25) is 0 Å². The molecule has 128 valence electrons. The van der Waals surface area contributed by atoms with Gasteiger partial charge in [0.25, 0.3) is 0 Å². The van der Waals surface area contributed by atoms with Crippen molar-refractivity contribution in [1.82, 2.24) is 14.9 Å². The third-order valence-corrected chi connectivity index (χ3v) is 4.36. The highest BCUT2D eigenvalue weighted by molar-refractivity contribution is 9.10. The lowest BCUT2D eigenvalue weighted by Gasteiger charge is -2.05. The Morgan fingerprint density at radius 3 is 2.76 bits per heavy atom. The molecule has 0 fully saturated rings. The Morgan fingerprint density at radius 1 is 1.20 bits per heavy atom. The number of aromatic amines is 1. The van der Waals surface area contributed by atoms with Crippen molar-refractivity contribution in [2.24, 2.45) is 5.10 Å². The molecular weight excluding hydrogens is 404 g/mol. The van der Waals surface area contributed by atoms with Crippen molar-refractivity contribution < 1.29 is 9.47 Å². The summed E-state index contributed by atoms with van der Waals surface area (Å²) in [6, 6.07) is 13.2. The van der Waals surface area contributed by atoms with Gasteiger partial charge in [-0.15, -0.1) is 0 Å². The zero-order valence-corrected chi connectivity index (χ0v) is 16.0. The first-order valence-corrected chi connectivity index (χ1v) is 8.52. The Bertz CT molecular complexity index is 981. The molecule has 3 rings (SSSR count). The maximum absolute atomic E-state index is 5.29. The van der Waals surface area contributed by atoms with Crippen molar-refractivity contribution in [2.75, 3.05) is 14.2 Å². The van der Waals surface area contributed by atoms with Crippen LogP contribution in [0.3, 0.4) is 0 Å². The lowest BCUT2D eigenvalue weighted by atomic mass is 10.2. The molecule has 1 heterocycles. The molecule has 2 aromatic carbocycles. The van der Waals surface area contributed by atoms with E-state index in [1.165, 1.54) is 0 Å². The lowest BCUT2D eigenvalue weighted by Crippen LogP contribution is -1.96. The van der Waals surface area contributed by atoms with E-state index in [9.17, 15) is 0 Å². The molecule has 1 aromatic heterocycles. The molecule has 0 saturated heterocycles. The standard InChI is InChI=1S/C17H15BrN4O2S/c1-23-13-5-3-4-12(9-13)16-20-21-17(25)22(16)19-10-11-6-7-15(24-2)14(18)8-11/h3-10H,1-2H3,(H,21,25)/b19-10+. The van der Waals surface area contributed by atoms with E-state index in [0.29, 0.717) is 10.6 Å². The Hall–Kier alpha value is -2.45. The summed E-state index contributed by atoms with van der Waals surface area (Å²) in [5.41, 5.74) is 1.74. The van der Waals surface area contributed by atoms with Crippen LogP contribution in [0.4, 0.5) is 0 Å². The minimum absolute atomic E-state index is 0.404. The average molecular weight is 419 g/mol. The van der Waals surface area contributed by atoms with Gasteiger partial charge in [-0.05, 0) is 64.0 Å². The van der Waals surface area contributed by atoms with Crippen molar-refractivity contribution in [3.8, 4) is 22.9 Å². The molecule has 0 bridgehead atoms. The summed E-state index contributed by atoms with van der Waals surface area (Å²) < 4.78 is 13.3. The number of nitrogens with zero attached hydrogens (tertiary/aromatic N) is 3. The quantitative estimate of drug-likeness (QED) is 0.496. The Balaban J connectivity index is 1.97. The second-order valence-corrected chi connectivity index (χ2v) is 6.28. The van der Waals surface area contributed by atoms with E-state index < -0.39 is 0 Å². The number of nitrogens with one attached hydrogen (secondary N) is 1. The highest BCUT2D eigenvalue weighted by Crippen LogP contribution is 2.25. The zero-order valence-electron chi connectivity index (χ0n) is 13.6. The Morgan fingerprint density at radius 2 is 2.04 bits per heavy atom. The van der Waals surface area contributed by atoms with Crippen molar-refractivity contribution in [3.05, 3.63) is 57.3 Å². The van der Waals surface area contributed by atoms with Crippen LogP contribution in [0.15, 0.2) is 52.0 Å². The van der Waals surface area contributed by atoms with Crippen LogP contribution in [0.5, 0.6) is 11.5 Å². The normalized spacial score (nSPS) is 11.0. The molecule has 0 atom stereocenters. The zero-order chi connectivity index (χ0) is 17.8. The third-order valence-electron chi connectivity index (χ3n) is 3.48. The van der Waals surface area contributed by atoms with Crippen LogP contribution in [-0.4, -0.2) is 35.3 Å². The second kappa shape index (κ2) is 7.62. The summed E-state index contributed by atoms with van der Waals surface area (Å²) in [7, 11) is 3.25. The van der Waals surface area contributed by atoms with Crippen molar-refractivity contribution >= 4 is 34.4 Å². The summed E-state index contributed by atoms with van der Waals surface area (Å²) >= 11 is 8.75. The fourth-order valence-electron chi connectivity index (χ4n) is 2.24. The van der Waals surface area contributed by atoms with Crippen molar-refractivity contribution in [2.45, 2.75) is 0 Å². The van der Waals surface area contributed by atoms with E-state index in [1.54, 1.807) is 25.1 Å². The molecule has 0 saturated carbocycles. The number of benzene rings is 2. The van der Waals surface area contributed by atoms with Crippen LogP contribution in [0.1, 0.15) is 5.56 Å². The van der Waals surface area contributed by atoms with Crippen LogP contribution >= 0.6 is 28.1 Å². The van der Waals surface area contributed by atoms with E-state index in [1.807, 2.05) is 42.5 Å². The first kappa shape index (κ1) is 17.4. The SMILES string of the molecule is COc1cccc(-c2n[nH]c(=S)n2/N=C/c2ccc(OC)c(Br)c2)c1. The lowest BCUT2D eigenvalue weighted by molar-refractivity contribution is 0.412. The molecule has 0 spiro atoms. The smallest absolute Gasteiger partial charge is 0.216 e. The van der Waals surface area contributed by atoms with Gasteiger partial charge in [0.1, 0.15) is 11.5 Å². The summed E-state index contributed by atoms with van der Waals surface area (Å²) in [5, 5.41) is 11.5. The van der Waals surface area contributed by atoms with Crippen LogP contribution in [0.25, 0.3) is 11.4 Å². The predicted octanol–water partition coefficient (Wildman–Crippen LogP) is 4.27. The summed E-state index contributed by atoms with van der Waals surface area (Å²) in [6.07, 6.45) is 1.71. The van der Waals surface area contributed by atoms with Crippen LogP contribution in [0, 0.1) is 4.77 Å². The van der Waals surface area contributed by atoms with Gasteiger partial charge in [0.05, 0.1) is 24.9 Å². The molecule has 0 unspecified atom stereocenters. The fraction of sp³-hybridized carbons (Fsp3) is 0.118. The van der Waals surface area contributed by atoms with Crippen molar-refractivity contribution in [1.29, 1.82) is 0 Å². The van der Waals surface area contributed by atoms with E-state index in [0.717, 1.165) is 27.1 Å². The molecule has 0 aliphatic heterocycles. The minimum atomic E-state index is 0.404. The molecule has 0 aliphatic carbocycles. The molecule has 8 heteroatoms. The first-order valence-electron chi connectivity index (χ1n) is 7.32. The molecule has 25 heavy (non-hydrogen) atoms. The largest absolute Gasteiger partial charge is 0.497 e.